The molecule has 1 fully saturated rings. The summed E-state index contributed by atoms with van der Waals surface area (Å²) in [5.41, 5.74) is 0.679. The molecule has 2 heterocycles. The van der Waals surface area contributed by atoms with Gasteiger partial charge in [-0.15, -0.1) is 0 Å². The van der Waals surface area contributed by atoms with E-state index in [1.165, 1.54) is 0 Å². The average molecular weight is 292 g/mol. The number of carbonyl (C=O) groups is 2. The van der Waals surface area contributed by atoms with E-state index in [9.17, 15) is 9.59 Å². The minimum absolute atomic E-state index is 0.0356. The number of piperidine rings is 1. The standard InChI is InChI=1S/C15H24N4O2/c1-2-17-14(20)7-10-18-15(21)13-4-3-11-19(13)12-5-8-16-9-6-12/h3-4,11-12,16H,2,5-10H2,1H3,(H,17,20)(H,18,21). The van der Waals surface area contributed by atoms with E-state index in [2.05, 4.69) is 20.5 Å². The molecule has 1 aromatic rings. The van der Waals surface area contributed by atoms with Crippen LogP contribution in [0.4, 0.5) is 0 Å². The largest absolute Gasteiger partial charge is 0.356 e. The van der Waals surface area contributed by atoms with E-state index < -0.39 is 0 Å². The summed E-state index contributed by atoms with van der Waals surface area (Å²) in [5.74, 6) is -0.144. The zero-order chi connectivity index (χ0) is 15.1. The van der Waals surface area contributed by atoms with Gasteiger partial charge in [-0.1, -0.05) is 0 Å². The first-order valence-electron chi connectivity index (χ1n) is 7.64. The number of carbonyl (C=O) groups excluding carboxylic acids is 2. The highest BCUT2D eigenvalue weighted by molar-refractivity contribution is 5.93. The van der Waals surface area contributed by atoms with E-state index in [0.29, 0.717) is 31.2 Å². The van der Waals surface area contributed by atoms with Crippen LogP contribution in [0.5, 0.6) is 0 Å². The fourth-order valence-corrected chi connectivity index (χ4v) is 2.66. The molecular formula is C15H24N4O2. The van der Waals surface area contributed by atoms with Gasteiger partial charge in [0.25, 0.3) is 5.91 Å². The van der Waals surface area contributed by atoms with Gasteiger partial charge in [-0.2, -0.15) is 0 Å². The average Bonchev–Trinajstić information content (AvgIpc) is 2.98. The smallest absolute Gasteiger partial charge is 0.267 e. The molecular weight excluding hydrogens is 268 g/mol. The second-order valence-electron chi connectivity index (χ2n) is 5.24. The van der Waals surface area contributed by atoms with Crippen molar-refractivity contribution in [3.05, 3.63) is 24.0 Å². The Hall–Kier alpha value is -1.82. The molecule has 0 saturated carbocycles. The molecule has 2 amide bonds. The van der Waals surface area contributed by atoms with Crippen LogP contribution in [-0.2, 0) is 4.79 Å². The molecule has 6 heteroatoms. The van der Waals surface area contributed by atoms with Gasteiger partial charge in [-0.05, 0) is 45.0 Å². The third-order valence-corrected chi connectivity index (χ3v) is 3.73. The molecule has 0 bridgehead atoms. The van der Waals surface area contributed by atoms with Crippen molar-refractivity contribution in [2.24, 2.45) is 0 Å². The normalized spacial score (nSPS) is 15.7. The Morgan fingerprint density at radius 3 is 2.81 bits per heavy atom. The zero-order valence-corrected chi connectivity index (χ0v) is 12.5. The van der Waals surface area contributed by atoms with Crippen molar-refractivity contribution in [1.82, 2.24) is 20.5 Å². The van der Waals surface area contributed by atoms with Gasteiger partial charge in [-0.25, -0.2) is 0 Å². The van der Waals surface area contributed by atoms with Crippen LogP contribution >= 0.6 is 0 Å². The molecule has 0 unspecified atom stereocenters. The van der Waals surface area contributed by atoms with Crippen LogP contribution in [-0.4, -0.2) is 42.6 Å². The quantitative estimate of drug-likeness (QED) is 0.721. The Bertz CT molecular complexity index is 478. The van der Waals surface area contributed by atoms with Crippen LogP contribution in [0.15, 0.2) is 18.3 Å². The Kier molecular flexibility index (Phi) is 5.80. The van der Waals surface area contributed by atoms with Gasteiger partial charge in [0.05, 0.1) is 0 Å². The maximum atomic E-state index is 12.2. The number of aromatic nitrogens is 1. The van der Waals surface area contributed by atoms with Crippen LogP contribution in [0.3, 0.4) is 0 Å². The fourth-order valence-electron chi connectivity index (χ4n) is 2.66. The van der Waals surface area contributed by atoms with Gasteiger partial charge in [0.2, 0.25) is 5.91 Å². The molecule has 1 saturated heterocycles. The van der Waals surface area contributed by atoms with Crippen molar-refractivity contribution >= 4 is 11.8 Å². The van der Waals surface area contributed by atoms with Gasteiger partial charge in [0, 0.05) is 31.7 Å². The molecule has 0 aliphatic carbocycles. The van der Waals surface area contributed by atoms with Crippen LogP contribution in [0.25, 0.3) is 0 Å². The van der Waals surface area contributed by atoms with E-state index in [1.54, 1.807) is 0 Å². The first-order valence-corrected chi connectivity index (χ1v) is 7.64. The van der Waals surface area contributed by atoms with Crippen molar-refractivity contribution in [2.75, 3.05) is 26.2 Å². The predicted octanol–water partition coefficient (Wildman–Crippen LogP) is 0.669. The summed E-state index contributed by atoms with van der Waals surface area (Å²) in [4.78, 5) is 23.6. The lowest BCUT2D eigenvalue weighted by Crippen LogP contribution is -2.34. The van der Waals surface area contributed by atoms with Crippen molar-refractivity contribution < 1.29 is 9.59 Å². The van der Waals surface area contributed by atoms with Crippen molar-refractivity contribution in [1.29, 1.82) is 0 Å². The lowest BCUT2D eigenvalue weighted by molar-refractivity contribution is -0.120. The highest BCUT2D eigenvalue weighted by atomic mass is 16.2. The molecule has 0 spiro atoms. The summed E-state index contributed by atoms with van der Waals surface area (Å²) in [5, 5.41) is 8.86. The number of rotatable bonds is 6. The predicted molar refractivity (Wildman–Crippen MR) is 81.2 cm³/mol. The Morgan fingerprint density at radius 1 is 1.33 bits per heavy atom. The molecule has 6 nitrogen and oxygen atoms in total. The summed E-state index contributed by atoms with van der Waals surface area (Å²) in [6.07, 6.45) is 4.35. The Morgan fingerprint density at radius 2 is 2.10 bits per heavy atom. The third kappa shape index (κ3) is 4.32. The Labute approximate surface area is 125 Å². The minimum atomic E-state index is -0.108. The molecule has 0 aromatic carbocycles. The van der Waals surface area contributed by atoms with Gasteiger partial charge in [0.1, 0.15) is 5.69 Å². The molecule has 3 N–H and O–H groups in total. The van der Waals surface area contributed by atoms with Gasteiger partial charge >= 0.3 is 0 Å². The second kappa shape index (κ2) is 7.83. The van der Waals surface area contributed by atoms with E-state index in [4.69, 9.17) is 0 Å². The number of amides is 2. The lowest BCUT2D eigenvalue weighted by Gasteiger charge is -2.25. The lowest BCUT2D eigenvalue weighted by atomic mass is 10.1. The first-order chi connectivity index (χ1) is 10.2. The van der Waals surface area contributed by atoms with E-state index in [-0.39, 0.29) is 11.8 Å². The molecule has 1 aliphatic rings. The third-order valence-electron chi connectivity index (χ3n) is 3.73. The van der Waals surface area contributed by atoms with Gasteiger partial charge < -0.3 is 20.5 Å². The number of hydrogen-bond acceptors (Lipinski definition) is 3. The summed E-state index contributed by atoms with van der Waals surface area (Å²) >= 11 is 0. The molecule has 0 radical (unpaired) electrons. The van der Waals surface area contributed by atoms with Crippen molar-refractivity contribution in [3.63, 3.8) is 0 Å². The topological polar surface area (TPSA) is 75.2 Å². The van der Waals surface area contributed by atoms with Crippen molar-refractivity contribution in [2.45, 2.75) is 32.2 Å². The molecule has 116 valence electrons. The maximum Gasteiger partial charge on any atom is 0.267 e. The van der Waals surface area contributed by atoms with Crippen LogP contribution in [0.2, 0.25) is 0 Å². The van der Waals surface area contributed by atoms with E-state index >= 15 is 0 Å². The number of nitrogens with zero attached hydrogens (tertiary/aromatic N) is 1. The van der Waals surface area contributed by atoms with E-state index in [1.807, 2.05) is 25.3 Å². The fraction of sp³-hybridized carbons (Fsp3) is 0.600. The molecule has 21 heavy (non-hydrogen) atoms. The maximum absolute atomic E-state index is 12.2. The highest BCUT2D eigenvalue weighted by Gasteiger charge is 2.19. The van der Waals surface area contributed by atoms with Gasteiger partial charge in [-0.3, -0.25) is 9.59 Å². The van der Waals surface area contributed by atoms with E-state index in [0.717, 1.165) is 25.9 Å². The monoisotopic (exact) mass is 292 g/mol. The van der Waals surface area contributed by atoms with Gasteiger partial charge in [0.15, 0.2) is 0 Å². The van der Waals surface area contributed by atoms with Crippen LogP contribution in [0.1, 0.15) is 42.7 Å². The second-order valence-corrected chi connectivity index (χ2v) is 5.24. The highest BCUT2D eigenvalue weighted by Crippen LogP contribution is 2.21. The molecule has 1 aromatic heterocycles. The summed E-state index contributed by atoms with van der Waals surface area (Å²) in [6.45, 7) is 4.83. The summed E-state index contributed by atoms with van der Waals surface area (Å²) < 4.78 is 2.06. The minimum Gasteiger partial charge on any atom is -0.356 e. The molecule has 0 atom stereocenters. The molecule has 2 rings (SSSR count). The van der Waals surface area contributed by atoms with Crippen LogP contribution < -0.4 is 16.0 Å². The number of nitrogens with one attached hydrogen (secondary N) is 3. The van der Waals surface area contributed by atoms with Crippen molar-refractivity contribution in [3.8, 4) is 0 Å². The first kappa shape index (κ1) is 15.6. The van der Waals surface area contributed by atoms with Crippen LogP contribution in [0, 0.1) is 0 Å². The zero-order valence-electron chi connectivity index (χ0n) is 12.5. The number of hydrogen-bond donors (Lipinski definition) is 3. The Balaban J connectivity index is 1.88. The summed E-state index contributed by atoms with van der Waals surface area (Å²) in [7, 11) is 0. The summed E-state index contributed by atoms with van der Waals surface area (Å²) in [6, 6.07) is 4.12. The SMILES string of the molecule is CCNC(=O)CCNC(=O)c1cccn1C1CCNCC1. The molecule has 1 aliphatic heterocycles.